The van der Waals surface area contributed by atoms with Crippen molar-refractivity contribution in [1.29, 1.82) is 0 Å². The minimum absolute atomic E-state index is 0.0129. The van der Waals surface area contributed by atoms with Gasteiger partial charge in [0.2, 0.25) is 11.8 Å². The normalized spacial score (nSPS) is 12.0. The molecule has 2 amide bonds. The number of carbonyl (C=O) groups excluding carboxylic acids is 2. The minimum atomic E-state index is -0.518. The summed E-state index contributed by atoms with van der Waals surface area (Å²) in [4.78, 5) is 27.7. The van der Waals surface area contributed by atoms with Crippen LogP contribution in [0.4, 0.5) is 0 Å². The van der Waals surface area contributed by atoms with Gasteiger partial charge in [-0.2, -0.15) is 0 Å². The molecular formula is C24H30Cl2N2O2S. The van der Waals surface area contributed by atoms with E-state index in [0.717, 1.165) is 16.7 Å². The third-order valence-corrected chi connectivity index (χ3v) is 6.30. The zero-order valence-corrected chi connectivity index (χ0v) is 20.8. The first-order chi connectivity index (χ1) is 14.7. The topological polar surface area (TPSA) is 49.4 Å². The average molecular weight is 481 g/mol. The lowest BCUT2D eigenvalue weighted by Gasteiger charge is -2.31. The number of amides is 2. The number of aryl methyl sites for hydroxylation is 1. The first-order valence-corrected chi connectivity index (χ1v) is 12.3. The molecule has 4 nitrogen and oxygen atoms in total. The summed E-state index contributed by atoms with van der Waals surface area (Å²) in [6.45, 7) is 8.19. The van der Waals surface area contributed by atoms with E-state index in [0.29, 0.717) is 28.8 Å². The van der Waals surface area contributed by atoms with Crippen LogP contribution in [0.1, 0.15) is 43.9 Å². The molecule has 0 heterocycles. The van der Waals surface area contributed by atoms with E-state index in [2.05, 4.69) is 5.32 Å². The molecule has 0 spiro atoms. The SMILES string of the molecule is CC[C@H](C(=O)NC(C)C)N(Cc1cccc(C)c1)C(=O)CSCc1ccc(Cl)cc1Cl. The summed E-state index contributed by atoms with van der Waals surface area (Å²) in [5.41, 5.74) is 3.06. The van der Waals surface area contributed by atoms with E-state index in [1.54, 1.807) is 17.0 Å². The second-order valence-electron chi connectivity index (χ2n) is 7.83. The standard InChI is InChI=1S/C24H30Cl2N2O2S/c1-5-22(24(30)27-16(2)3)28(13-18-8-6-7-17(4)11-18)23(29)15-31-14-19-9-10-20(25)12-21(19)26/h6-12,16,22H,5,13-15H2,1-4H3,(H,27,30)/t22-/m1/s1. The molecule has 0 radical (unpaired) electrons. The van der Waals surface area contributed by atoms with Gasteiger partial charge in [0.05, 0.1) is 5.75 Å². The molecular weight excluding hydrogens is 451 g/mol. The van der Waals surface area contributed by atoms with E-state index in [4.69, 9.17) is 23.2 Å². The summed E-state index contributed by atoms with van der Waals surface area (Å²) in [5.74, 6) is 0.664. The highest BCUT2D eigenvalue weighted by Gasteiger charge is 2.28. The van der Waals surface area contributed by atoms with E-state index >= 15 is 0 Å². The summed E-state index contributed by atoms with van der Waals surface area (Å²) in [6.07, 6.45) is 0.545. The first-order valence-electron chi connectivity index (χ1n) is 10.4. The highest BCUT2D eigenvalue weighted by atomic mass is 35.5. The molecule has 1 atom stereocenters. The molecule has 7 heteroatoms. The van der Waals surface area contributed by atoms with Gasteiger partial charge in [0.1, 0.15) is 6.04 Å². The number of nitrogens with zero attached hydrogens (tertiary/aromatic N) is 1. The van der Waals surface area contributed by atoms with Crippen LogP contribution >= 0.6 is 35.0 Å². The fourth-order valence-electron chi connectivity index (χ4n) is 3.28. The Labute approximate surface area is 199 Å². The summed E-state index contributed by atoms with van der Waals surface area (Å²) >= 11 is 13.7. The number of hydrogen-bond donors (Lipinski definition) is 1. The molecule has 2 rings (SSSR count). The maximum Gasteiger partial charge on any atom is 0.243 e. The van der Waals surface area contributed by atoms with Crippen LogP contribution in [0, 0.1) is 6.92 Å². The van der Waals surface area contributed by atoms with Crippen LogP contribution in [0.25, 0.3) is 0 Å². The molecule has 0 aliphatic rings. The molecule has 0 bridgehead atoms. The lowest BCUT2D eigenvalue weighted by Crippen LogP contribution is -2.50. The Hall–Kier alpha value is -1.69. The Morgan fingerprint density at radius 1 is 1.13 bits per heavy atom. The molecule has 0 saturated heterocycles. The van der Waals surface area contributed by atoms with E-state index in [1.807, 2.05) is 58.0 Å². The molecule has 0 fully saturated rings. The summed E-state index contributed by atoms with van der Waals surface area (Å²) in [6, 6.07) is 12.9. The van der Waals surface area contributed by atoms with E-state index < -0.39 is 6.04 Å². The first kappa shape index (κ1) is 25.6. The Morgan fingerprint density at radius 2 is 1.87 bits per heavy atom. The van der Waals surface area contributed by atoms with Gasteiger partial charge in [0.25, 0.3) is 0 Å². The number of benzene rings is 2. The van der Waals surface area contributed by atoms with Crippen LogP contribution < -0.4 is 5.32 Å². The minimum Gasteiger partial charge on any atom is -0.352 e. The van der Waals surface area contributed by atoms with Crippen molar-refractivity contribution >= 4 is 46.8 Å². The monoisotopic (exact) mass is 480 g/mol. The molecule has 0 aliphatic heterocycles. The second-order valence-corrected chi connectivity index (χ2v) is 9.66. The highest BCUT2D eigenvalue weighted by molar-refractivity contribution is 7.99. The Kier molecular flexibility index (Phi) is 10.2. The third-order valence-electron chi connectivity index (χ3n) is 4.75. The maximum absolute atomic E-state index is 13.2. The highest BCUT2D eigenvalue weighted by Crippen LogP contribution is 2.25. The maximum atomic E-state index is 13.2. The molecule has 2 aromatic carbocycles. The Bertz CT molecular complexity index is 905. The van der Waals surface area contributed by atoms with Gasteiger partial charge >= 0.3 is 0 Å². The van der Waals surface area contributed by atoms with Crippen molar-refractivity contribution < 1.29 is 9.59 Å². The van der Waals surface area contributed by atoms with Gasteiger partial charge in [-0.05, 0) is 50.5 Å². The Morgan fingerprint density at radius 3 is 2.48 bits per heavy atom. The van der Waals surface area contributed by atoms with Gasteiger partial charge in [-0.15, -0.1) is 11.8 Å². The predicted molar refractivity (Wildman–Crippen MR) is 132 cm³/mol. The van der Waals surface area contributed by atoms with Crippen molar-refractivity contribution in [3.63, 3.8) is 0 Å². The van der Waals surface area contributed by atoms with E-state index in [9.17, 15) is 9.59 Å². The zero-order chi connectivity index (χ0) is 23.0. The lowest BCUT2D eigenvalue weighted by molar-refractivity contribution is -0.139. The van der Waals surface area contributed by atoms with Crippen LogP contribution in [0.2, 0.25) is 10.0 Å². The van der Waals surface area contributed by atoms with Crippen LogP contribution in [0.5, 0.6) is 0 Å². The number of hydrogen-bond acceptors (Lipinski definition) is 3. The number of rotatable bonds is 10. The lowest BCUT2D eigenvalue weighted by atomic mass is 10.1. The number of thioether (sulfide) groups is 1. The van der Waals surface area contributed by atoms with Crippen LogP contribution in [0.15, 0.2) is 42.5 Å². The van der Waals surface area contributed by atoms with Crippen molar-refractivity contribution in [2.24, 2.45) is 0 Å². The molecule has 0 saturated carbocycles. The molecule has 31 heavy (non-hydrogen) atoms. The van der Waals surface area contributed by atoms with Gasteiger partial charge in [-0.25, -0.2) is 0 Å². The van der Waals surface area contributed by atoms with Gasteiger partial charge in [-0.1, -0.05) is 66.0 Å². The molecule has 0 unspecified atom stereocenters. The van der Waals surface area contributed by atoms with Crippen LogP contribution in [-0.2, 0) is 21.9 Å². The van der Waals surface area contributed by atoms with Gasteiger partial charge in [0, 0.05) is 28.4 Å². The van der Waals surface area contributed by atoms with Crippen LogP contribution in [0.3, 0.4) is 0 Å². The fourth-order valence-corrected chi connectivity index (χ4v) is 4.75. The largest absolute Gasteiger partial charge is 0.352 e. The van der Waals surface area contributed by atoms with Gasteiger partial charge in [0.15, 0.2) is 0 Å². The van der Waals surface area contributed by atoms with E-state index in [-0.39, 0.29) is 23.6 Å². The van der Waals surface area contributed by atoms with Gasteiger partial charge in [-0.3, -0.25) is 9.59 Å². The average Bonchev–Trinajstić information content (AvgIpc) is 2.69. The molecule has 168 valence electrons. The van der Waals surface area contributed by atoms with Crippen molar-refractivity contribution in [1.82, 2.24) is 10.2 Å². The van der Waals surface area contributed by atoms with Crippen molar-refractivity contribution in [3.8, 4) is 0 Å². The Balaban J connectivity index is 2.15. The number of carbonyl (C=O) groups is 2. The molecule has 1 N–H and O–H groups in total. The van der Waals surface area contributed by atoms with Crippen molar-refractivity contribution in [3.05, 3.63) is 69.2 Å². The summed E-state index contributed by atoms with van der Waals surface area (Å²) in [5, 5.41) is 4.13. The second kappa shape index (κ2) is 12.4. The van der Waals surface area contributed by atoms with Gasteiger partial charge < -0.3 is 10.2 Å². The fraction of sp³-hybridized carbons (Fsp3) is 0.417. The number of halogens is 2. The molecule has 0 aliphatic carbocycles. The predicted octanol–water partition coefficient (Wildman–Crippen LogP) is 5.87. The van der Waals surface area contributed by atoms with Crippen molar-refractivity contribution in [2.75, 3.05) is 5.75 Å². The molecule has 0 aromatic heterocycles. The quantitative estimate of drug-likeness (QED) is 0.462. The number of nitrogens with one attached hydrogen (secondary N) is 1. The van der Waals surface area contributed by atoms with Crippen molar-refractivity contribution in [2.45, 2.75) is 58.5 Å². The van der Waals surface area contributed by atoms with Crippen LogP contribution in [-0.4, -0.2) is 34.6 Å². The summed E-state index contributed by atoms with van der Waals surface area (Å²) < 4.78 is 0. The molecule has 2 aromatic rings. The zero-order valence-electron chi connectivity index (χ0n) is 18.5. The smallest absolute Gasteiger partial charge is 0.243 e. The summed E-state index contributed by atoms with van der Waals surface area (Å²) in [7, 11) is 0. The van der Waals surface area contributed by atoms with E-state index in [1.165, 1.54) is 11.8 Å². The third kappa shape index (κ3) is 8.06.